The van der Waals surface area contributed by atoms with E-state index < -0.39 is 31.3 Å². The Balaban J connectivity index is -0.0000000387. The molecule has 0 spiro atoms. The van der Waals surface area contributed by atoms with Crippen molar-refractivity contribution in [3.8, 4) is 45.6 Å². The SMILES string of the molecule is O.O.O.O.O.O.O.O.O.O.O.O.O.O.O=P([O-])([O-])OP(=O)([O-])[O-].O=P([O-])([O-])OP(=O)([O-])[O-].[OH3+].[OH3+].[Zn+2].[Zn+2].[Zn+2].[Zn+2].c1ccc(-c2ccccn2)nc1.c1ccc(-c2ccccn2)nc1.c1ccc(-c2ccccn2)nc1.c1ccc(-c2ccccn2)nc1. The number of aromatic nitrogens is 8. The molecule has 8 aromatic rings. The molecule has 8 aromatic heterocycles. The first-order valence-electron chi connectivity index (χ1n) is 18.1. The van der Waals surface area contributed by atoms with Crippen LogP contribution in [0.3, 0.4) is 0 Å². The number of rotatable bonds is 8. The molecule has 34 N–H and O–H groups in total. The number of phosphoric acid groups is 4. The quantitative estimate of drug-likeness (QED) is 0.0774. The Morgan fingerprint density at radius 1 is 0.221 bits per heavy atom. The number of pyridine rings is 8. The van der Waals surface area contributed by atoms with Gasteiger partial charge in [-0.25, -0.2) is 0 Å². The van der Waals surface area contributed by atoms with E-state index in [4.69, 9.17) is 0 Å². The van der Waals surface area contributed by atoms with Gasteiger partial charge in [-0.3, -0.25) is 39.9 Å². The zero-order valence-electron chi connectivity index (χ0n) is 44.5. The number of hydrogen-bond donors (Lipinski definition) is 0. The van der Waals surface area contributed by atoms with Gasteiger partial charge in [-0.05, 0) is 97.1 Å². The van der Waals surface area contributed by atoms with Crippen LogP contribution in [0.25, 0.3) is 45.6 Å². The molecule has 472 valence electrons. The predicted octanol–water partition coefficient (Wildman–Crippen LogP) is -11.5. The molecule has 0 fully saturated rings. The van der Waals surface area contributed by atoms with Crippen molar-refractivity contribution in [2.45, 2.75) is 0 Å². The summed E-state index contributed by atoms with van der Waals surface area (Å²) in [4.78, 5) is 108. The third-order valence-corrected chi connectivity index (χ3v) is 9.97. The van der Waals surface area contributed by atoms with E-state index in [1.807, 2.05) is 146 Å². The van der Waals surface area contributed by atoms with Crippen molar-refractivity contribution in [2.75, 3.05) is 0 Å². The third-order valence-electron chi connectivity index (χ3n) is 6.77. The van der Waals surface area contributed by atoms with Gasteiger partial charge in [-0.2, -0.15) is 0 Å². The first-order valence-corrected chi connectivity index (χ1v) is 23.9. The molecule has 8 heterocycles. The molecule has 0 saturated carbocycles. The molecule has 8 rings (SSSR count). The van der Waals surface area contributed by atoms with Gasteiger partial charge >= 0.3 is 77.9 Å². The Labute approximate surface area is 540 Å². The van der Waals surface area contributed by atoms with Gasteiger partial charge in [0.1, 0.15) is 0 Å². The van der Waals surface area contributed by atoms with Crippen LogP contribution in [0, 0.1) is 0 Å². The van der Waals surface area contributed by atoms with Crippen LogP contribution in [0.5, 0.6) is 0 Å². The molecular weight excluding hydrogens is 1460 g/mol. The van der Waals surface area contributed by atoms with E-state index in [1.165, 1.54) is 0 Å². The van der Waals surface area contributed by atoms with E-state index >= 15 is 0 Å². The molecular formula is C40H66N8O30P4Zn4+2. The van der Waals surface area contributed by atoms with Crippen molar-refractivity contribution in [1.29, 1.82) is 0 Å². The summed E-state index contributed by atoms with van der Waals surface area (Å²) in [6.45, 7) is 0. The van der Waals surface area contributed by atoms with Crippen molar-refractivity contribution in [1.82, 2.24) is 39.9 Å². The fourth-order valence-electron chi connectivity index (χ4n) is 4.36. The summed E-state index contributed by atoms with van der Waals surface area (Å²) in [5.74, 6) is 0. The second kappa shape index (κ2) is 69.7. The molecule has 0 bridgehead atoms. The summed E-state index contributed by atoms with van der Waals surface area (Å²) >= 11 is 0. The molecule has 0 saturated heterocycles. The molecule has 38 nitrogen and oxygen atoms in total. The second-order valence-corrected chi connectivity index (χ2v) is 16.6. The molecule has 0 aliphatic carbocycles. The minimum absolute atomic E-state index is 0. The van der Waals surface area contributed by atoms with Gasteiger partial charge < -0.3 is 154 Å². The average Bonchev–Trinajstić information content (AvgIpc) is 3.30. The molecule has 86 heavy (non-hydrogen) atoms. The summed E-state index contributed by atoms with van der Waals surface area (Å²) in [7, 11) is -22.7. The van der Waals surface area contributed by atoms with Crippen LogP contribution in [-0.4, -0.2) is 117 Å². The van der Waals surface area contributed by atoms with Crippen LogP contribution in [0.1, 0.15) is 0 Å². The average molecular weight is 1520 g/mol. The summed E-state index contributed by atoms with van der Waals surface area (Å²) in [6.07, 6.45) is 14.1. The van der Waals surface area contributed by atoms with Crippen LogP contribution in [-0.2, 0) is 116 Å². The summed E-state index contributed by atoms with van der Waals surface area (Å²) < 4.78 is 42.3. The van der Waals surface area contributed by atoms with Gasteiger partial charge in [-0.1, -0.05) is 48.5 Å². The molecule has 0 radical (unpaired) electrons. The largest absolute Gasteiger partial charge is 2.00 e. The van der Waals surface area contributed by atoms with E-state index in [1.54, 1.807) is 49.6 Å². The van der Waals surface area contributed by atoms with E-state index in [-0.39, 0.29) is 166 Å². The van der Waals surface area contributed by atoms with E-state index in [0.29, 0.717) is 0 Å². The maximum Gasteiger partial charge on any atom is 2.00 e. The maximum absolute atomic E-state index is 9.32. The second-order valence-electron chi connectivity index (χ2n) is 11.7. The molecule has 0 unspecified atom stereocenters. The number of hydrogen-bond acceptors (Lipinski definition) is 22. The van der Waals surface area contributed by atoms with Gasteiger partial charge in [0, 0.05) is 49.6 Å². The molecule has 0 amide bonds. The van der Waals surface area contributed by atoms with Crippen LogP contribution in [0.2, 0.25) is 0 Å². The minimum Gasteiger partial charge on any atom is -0.790 e. The molecule has 0 atom stereocenters. The Morgan fingerprint density at radius 2 is 0.314 bits per heavy atom. The summed E-state index contributed by atoms with van der Waals surface area (Å²) in [5, 5.41) is 0. The Morgan fingerprint density at radius 3 is 0.360 bits per heavy atom. The maximum atomic E-state index is 9.32. The Hall–Kier alpha value is -4.43. The van der Waals surface area contributed by atoms with Crippen molar-refractivity contribution in [3.63, 3.8) is 0 Å². The Kier molecular flexibility index (Phi) is 106. The topological polar surface area (TPSA) is 881 Å². The standard InChI is InChI=1S/4C10H8N2.2H4O7P2.16H2O.4Zn/c4*1-3-7-11-9(5-1)10-6-2-4-8-12-10;2*1-8(2,3)7-9(4,5)6;;;;;;;;;;;;;;;;;;;;/h4*1-8H;2*(H2,1,2,3)(H2,4,5,6);16*1H2;;;;/q;;;;;;;;;;;;;;;;;;;;;;4*+2/p-6. The number of nitrogens with zero attached hydrogens (tertiary/aromatic N) is 8. The van der Waals surface area contributed by atoms with Crippen LogP contribution in [0.15, 0.2) is 195 Å². The first kappa shape index (κ1) is 131. The molecule has 46 heteroatoms. The Bertz CT molecular complexity index is 2260. The smallest absolute Gasteiger partial charge is 0.790 e. The van der Waals surface area contributed by atoms with Crippen molar-refractivity contribution < 1.29 is 232 Å². The van der Waals surface area contributed by atoms with E-state index in [2.05, 4.69) is 48.5 Å². The van der Waals surface area contributed by atoms with Gasteiger partial charge in [-0.15, -0.1) is 0 Å². The van der Waals surface area contributed by atoms with Crippen LogP contribution < -0.4 is 39.1 Å². The summed E-state index contributed by atoms with van der Waals surface area (Å²) in [6, 6.07) is 46.4. The van der Waals surface area contributed by atoms with E-state index in [0.717, 1.165) is 45.6 Å². The predicted molar refractivity (Wildman–Crippen MR) is 283 cm³/mol. The molecule has 0 aliphatic rings. The van der Waals surface area contributed by atoms with E-state index in [9.17, 15) is 57.4 Å². The minimum atomic E-state index is -5.68. The zero-order chi connectivity index (χ0) is 48.3. The fraction of sp³-hybridized carbons (Fsp3) is 0. The van der Waals surface area contributed by atoms with Gasteiger partial charge in [0.2, 0.25) is 0 Å². The fourth-order valence-corrected chi connectivity index (χ4v) is 6.32. The van der Waals surface area contributed by atoms with Crippen molar-refractivity contribution in [3.05, 3.63) is 195 Å². The van der Waals surface area contributed by atoms with Gasteiger partial charge in [0.05, 0.1) is 76.8 Å². The molecule has 0 aromatic carbocycles. The zero-order valence-corrected chi connectivity index (χ0v) is 60.0. The monoisotopic (exact) mass is 1520 g/mol. The van der Waals surface area contributed by atoms with Crippen molar-refractivity contribution in [2.24, 2.45) is 0 Å². The van der Waals surface area contributed by atoms with Gasteiger partial charge in [0.25, 0.3) is 0 Å². The van der Waals surface area contributed by atoms with Crippen LogP contribution in [0.4, 0.5) is 0 Å². The van der Waals surface area contributed by atoms with Crippen molar-refractivity contribution >= 4 is 31.3 Å². The normalized spacial score (nSPS) is 8.28. The first-order chi connectivity index (χ1) is 31.3. The van der Waals surface area contributed by atoms with Crippen LogP contribution >= 0.6 is 31.3 Å². The third kappa shape index (κ3) is 64.1. The van der Waals surface area contributed by atoms with Gasteiger partial charge in [0.15, 0.2) is 0 Å². The summed E-state index contributed by atoms with van der Waals surface area (Å²) in [5.41, 5.74) is 7.32. The molecule has 0 aliphatic heterocycles.